The molecule has 0 rings (SSSR count). The van der Waals surface area contributed by atoms with Crippen molar-refractivity contribution in [2.75, 3.05) is 13.2 Å². The summed E-state index contributed by atoms with van der Waals surface area (Å²) in [6.45, 7) is 4.98. The molecular formula is C72H139NO5. The highest BCUT2D eigenvalue weighted by molar-refractivity contribution is 5.76. The van der Waals surface area contributed by atoms with E-state index in [0.29, 0.717) is 25.9 Å². The van der Waals surface area contributed by atoms with E-state index in [9.17, 15) is 19.8 Å². The van der Waals surface area contributed by atoms with E-state index in [1.165, 1.54) is 321 Å². The van der Waals surface area contributed by atoms with E-state index in [-0.39, 0.29) is 18.5 Å². The minimum atomic E-state index is -0.666. The lowest BCUT2D eigenvalue weighted by Crippen LogP contribution is -2.45. The molecule has 0 aromatic heterocycles. The van der Waals surface area contributed by atoms with Crippen molar-refractivity contribution in [1.29, 1.82) is 0 Å². The van der Waals surface area contributed by atoms with Crippen LogP contribution < -0.4 is 5.32 Å². The molecule has 462 valence electrons. The second-order valence-electron chi connectivity index (χ2n) is 24.6. The van der Waals surface area contributed by atoms with Crippen LogP contribution in [0.25, 0.3) is 0 Å². The number of aliphatic hydroxyl groups is 2. The van der Waals surface area contributed by atoms with E-state index in [1.807, 2.05) is 0 Å². The molecule has 0 radical (unpaired) electrons. The maximum Gasteiger partial charge on any atom is 0.305 e. The van der Waals surface area contributed by atoms with Crippen molar-refractivity contribution in [2.45, 2.75) is 411 Å². The van der Waals surface area contributed by atoms with Gasteiger partial charge in [-0.25, -0.2) is 0 Å². The standard InChI is InChI=1S/C72H139NO5/c1-3-5-7-9-11-13-15-16-17-18-19-29-32-35-38-41-45-48-52-56-60-64-70(75)69(68-74)73-71(76)65-61-57-53-49-46-42-39-36-33-30-27-25-23-21-20-22-24-26-28-31-34-37-40-43-47-51-55-59-63-67-78-72(77)66-62-58-54-50-44-14-12-10-8-6-4-2/h20,22,26,28,69-70,74-75H,3-19,21,23-25,27,29-68H2,1-2H3,(H,73,76)/b22-20-,28-26-. The number of carbonyl (C=O) groups is 2. The lowest BCUT2D eigenvalue weighted by molar-refractivity contribution is -0.143. The van der Waals surface area contributed by atoms with Gasteiger partial charge in [0.25, 0.3) is 0 Å². The number of hydrogen-bond donors (Lipinski definition) is 3. The van der Waals surface area contributed by atoms with Gasteiger partial charge in [0.2, 0.25) is 5.91 Å². The van der Waals surface area contributed by atoms with E-state index >= 15 is 0 Å². The Morgan fingerprint density at radius 3 is 0.974 bits per heavy atom. The summed E-state index contributed by atoms with van der Waals surface area (Å²) in [6, 6.07) is -0.543. The molecule has 3 N–H and O–H groups in total. The first-order valence-corrected chi connectivity index (χ1v) is 35.6. The first-order chi connectivity index (χ1) is 38.5. The second kappa shape index (κ2) is 67.8. The van der Waals surface area contributed by atoms with Crippen molar-refractivity contribution in [3.63, 3.8) is 0 Å². The van der Waals surface area contributed by atoms with Gasteiger partial charge in [0.15, 0.2) is 0 Å². The number of ether oxygens (including phenoxy) is 1. The van der Waals surface area contributed by atoms with Crippen LogP contribution in [0.3, 0.4) is 0 Å². The molecule has 6 nitrogen and oxygen atoms in total. The monoisotopic (exact) mass is 1100 g/mol. The Morgan fingerprint density at radius 1 is 0.359 bits per heavy atom. The number of aliphatic hydroxyl groups excluding tert-OH is 2. The normalized spacial score (nSPS) is 12.6. The van der Waals surface area contributed by atoms with E-state index in [1.54, 1.807) is 0 Å². The van der Waals surface area contributed by atoms with Crippen molar-refractivity contribution in [3.8, 4) is 0 Å². The molecular weight excluding hydrogens is 959 g/mol. The van der Waals surface area contributed by atoms with Gasteiger partial charge < -0.3 is 20.3 Å². The summed E-state index contributed by atoms with van der Waals surface area (Å²) in [5.74, 6) is -0.0191. The summed E-state index contributed by atoms with van der Waals surface area (Å²) in [5.41, 5.74) is 0. The fourth-order valence-electron chi connectivity index (χ4n) is 11.3. The maximum atomic E-state index is 12.5. The zero-order chi connectivity index (χ0) is 56.4. The summed E-state index contributed by atoms with van der Waals surface area (Å²) in [7, 11) is 0. The van der Waals surface area contributed by atoms with Gasteiger partial charge in [0.1, 0.15) is 0 Å². The van der Waals surface area contributed by atoms with Gasteiger partial charge in [-0.2, -0.15) is 0 Å². The lowest BCUT2D eigenvalue weighted by atomic mass is 10.0. The third-order valence-electron chi connectivity index (χ3n) is 16.8. The molecule has 78 heavy (non-hydrogen) atoms. The van der Waals surface area contributed by atoms with Gasteiger partial charge in [0, 0.05) is 12.8 Å². The average Bonchev–Trinajstić information content (AvgIpc) is 3.44. The van der Waals surface area contributed by atoms with Crippen molar-refractivity contribution < 1.29 is 24.5 Å². The number of nitrogens with one attached hydrogen (secondary N) is 1. The van der Waals surface area contributed by atoms with Crippen LogP contribution in [0.15, 0.2) is 24.3 Å². The molecule has 0 aromatic rings. The molecule has 0 saturated heterocycles. The molecule has 0 aliphatic heterocycles. The minimum absolute atomic E-state index is 0.0124. The van der Waals surface area contributed by atoms with Crippen LogP contribution in [-0.2, 0) is 14.3 Å². The lowest BCUT2D eigenvalue weighted by Gasteiger charge is -2.22. The topological polar surface area (TPSA) is 95.9 Å². The third kappa shape index (κ3) is 63.5. The van der Waals surface area contributed by atoms with Gasteiger partial charge in [-0.3, -0.25) is 9.59 Å². The summed E-state index contributed by atoms with van der Waals surface area (Å²) in [5, 5.41) is 23.4. The third-order valence-corrected chi connectivity index (χ3v) is 16.8. The van der Waals surface area contributed by atoms with Crippen LogP contribution in [0.5, 0.6) is 0 Å². The predicted molar refractivity (Wildman–Crippen MR) is 343 cm³/mol. The number of carbonyl (C=O) groups excluding carboxylic acids is 2. The molecule has 0 saturated carbocycles. The SMILES string of the molecule is CCCCCCCCCCCCCCCCCCCCCCCC(O)C(CO)NC(=O)CCCCCCCCCCCCCCC/C=C\C/C=C\CCCCCCCCCCCOC(=O)CCCCCCCCCCCCC. The number of rotatable bonds is 67. The molecule has 0 spiro atoms. The summed E-state index contributed by atoms with van der Waals surface area (Å²) < 4.78 is 5.47. The van der Waals surface area contributed by atoms with Crippen molar-refractivity contribution >= 4 is 11.9 Å². The van der Waals surface area contributed by atoms with E-state index < -0.39 is 12.1 Å². The Kier molecular flexibility index (Phi) is 66.4. The number of allylic oxidation sites excluding steroid dienone is 4. The van der Waals surface area contributed by atoms with Crippen LogP contribution in [0.1, 0.15) is 399 Å². The molecule has 6 heteroatoms. The van der Waals surface area contributed by atoms with Crippen molar-refractivity contribution in [1.82, 2.24) is 5.32 Å². The highest BCUT2D eigenvalue weighted by Gasteiger charge is 2.20. The smallest absolute Gasteiger partial charge is 0.305 e. The first-order valence-electron chi connectivity index (χ1n) is 35.6. The fraction of sp³-hybridized carbons (Fsp3) is 0.917. The van der Waals surface area contributed by atoms with Gasteiger partial charge in [-0.15, -0.1) is 0 Å². The largest absolute Gasteiger partial charge is 0.466 e. The second-order valence-corrected chi connectivity index (χ2v) is 24.6. The molecule has 0 aliphatic carbocycles. The number of amides is 1. The Morgan fingerprint density at radius 2 is 0.641 bits per heavy atom. The maximum absolute atomic E-state index is 12.5. The summed E-state index contributed by atoms with van der Waals surface area (Å²) >= 11 is 0. The Hall–Kier alpha value is -1.66. The Bertz CT molecular complexity index is 1220. The van der Waals surface area contributed by atoms with Crippen LogP contribution in [-0.4, -0.2) is 47.4 Å². The van der Waals surface area contributed by atoms with Gasteiger partial charge in [0.05, 0.1) is 25.4 Å². The molecule has 0 fully saturated rings. The van der Waals surface area contributed by atoms with Crippen molar-refractivity contribution in [3.05, 3.63) is 24.3 Å². The fourth-order valence-corrected chi connectivity index (χ4v) is 11.3. The number of esters is 1. The quantitative estimate of drug-likeness (QED) is 0.0320. The minimum Gasteiger partial charge on any atom is -0.466 e. The molecule has 0 aliphatic rings. The molecule has 1 amide bonds. The van der Waals surface area contributed by atoms with E-state index in [0.717, 1.165) is 44.9 Å². The molecule has 0 aromatic carbocycles. The summed E-state index contributed by atoms with van der Waals surface area (Å²) in [6.07, 6.45) is 85.1. The van der Waals surface area contributed by atoms with E-state index in [4.69, 9.17) is 4.74 Å². The predicted octanol–water partition coefficient (Wildman–Crippen LogP) is 22.9. The molecule has 2 atom stereocenters. The number of hydrogen-bond acceptors (Lipinski definition) is 5. The number of unbranched alkanes of at least 4 members (excludes halogenated alkanes) is 52. The summed E-state index contributed by atoms with van der Waals surface area (Å²) in [4.78, 5) is 24.6. The van der Waals surface area contributed by atoms with Crippen LogP contribution >= 0.6 is 0 Å². The Balaban J connectivity index is 3.41. The van der Waals surface area contributed by atoms with Gasteiger partial charge >= 0.3 is 5.97 Å². The van der Waals surface area contributed by atoms with Crippen molar-refractivity contribution in [2.24, 2.45) is 0 Å². The highest BCUT2D eigenvalue weighted by Crippen LogP contribution is 2.19. The van der Waals surface area contributed by atoms with E-state index in [2.05, 4.69) is 43.5 Å². The zero-order valence-corrected chi connectivity index (χ0v) is 52.9. The average molecular weight is 1100 g/mol. The van der Waals surface area contributed by atoms with Gasteiger partial charge in [-0.1, -0.05) is 353 Å². The van der Waals surface area contributed by atoms with Crippen LogP contribution in [0.4, 0.5) is 0 Å². The van der Waals surface area contributed by atoms with Crippen LogP contribution in [0.2, 0.25) is 0 Å². The zero-order valence-electron chi connectivity index (χ0n) is 52.9. The first kappa shape index (κ1) is 76.3. The van der Waals surface area contributed by atoms with Gasteiger partial charge in [-0.05, 0) is 57.8 Å². The molecule has 0 bridgehead atoms. The Labute approximate surface area is 488 Å². The molecule has 0 heterocycles. The molecule has 2 unspecified atom stereocenters. The van der Waals surface area contributed by atoms with Crippen LogP contribution in [0, 0.1) is 0 Å². The highest BCUT2D eigenvalue weighted by atomic mass is 16.5.